The molecule has 0 aliphatic rings. The third-order valence-electron chi connectivity index (χ3n) is 6.24. The van der Waals surface area contributed by atoms with E-state index in [2.05, 4.69) is 15.3 Å². The zero-order valence-electron chi connectivity index (χ0n) is 23.4. The van der Waals surface area contributed by atoms with Gasteiger partial charge in [-0.1, -0.05) is 29.8 Å². The van der Waals surface area contributed by atoms with Gasteiger partial charge in [0.1, 0.15) is 23.1 Å². The van der Waals surface area contributed by atoms with Crippen LogP contribution in [0.3, 0.4) is 0 Å². The number of hydrogen-bond donors (Lipinski definition) is 2. The Bertz CT molecular complexity index is 1460. The molecule has 0 aliphatic heterocycles. The number of halogens is 1. The van der Waals surface area contributed by atoms with Crippen molar-refractivity contribution in [2.24, 2.45) is 0 Å². The average Bonchev–Trinajstić information content (AvgIpc) is 3.46. The summed E-state index contributed by atoms with van der Waals surface area (Å²) in [6.07, 6.45) is 2.99. The number of benzene rings is 2. The van der Waals surface area contributed by atoms with Crippen molar-refractivity contribution in [3.05, 3.63) is 101 Å². The maximum Gasteiger partial charge on any atom is 0.253 e. The predicted octanol–water partition coefficient (Wildman–Crippen LogP) is 5.80. The first kappa shape index (κ1) is 29.6. The number of rotatable bonds is 14. The number of aromatic amines is 1. The van der Waals surface area contributed by atoms with Crippen molar-refractivity contribution in [1.82, 2.24) is 15.3 Å². The number of nitrogens with zero attached hydrogens (tertiary/aromatic N) is 1. The molecule has 0 fully saturated rings. The van der Waals surface area contributed by atoms with E-state index in [1.54, 1.807) is 54.9 Å². The van der Waals surface area contributed by atoms with E-state index >= 15 is 0 Å². The van der Waals surface area contributed by atoms with Gasteiger partial charge >= 0.3 is 0 Å². The van der Waals surface area contributed by atoms with Crippen molar-refractivity contribution in [3.8, 4) is 22.9 Å². The molecule has 214 valence electrons. The average molecular weight is 560 g/mol. The second-order valence-corrected chi connectivity index (χ2v) is 9.46. The SMILES string of the molecule is CCOC(CNC(=O)c1c[nH]c(-c2cc(Oc3ccc(CC(=O)Cc4cc(C)ccc4F)cc3)ccn2)c1)OCC. The lowest BCUT2D eigenvalue weighted by Gasteiger charge is -2.17. The van der Waals surface area contributed by atoms with E-state index in [4.69, 9.17) is 14.2 Å². The summed E-state index contributed by atoms with van der Waals surface area (Å²) in [5.41, 5.74) is 3.86. The standard InChI is InChI=1S/C32H34FN3O5/c1-4-39-31(40-5-2)20-36-32(38)24-17-29(35-19-24)30-18-27(12-13-34-30)41-26-9-7-22(8-10-26)15-25(37)16-23-14-21(3)6-11-28(23)33/h6-14,17-19,31,35H,4-5,15-16,20H2,1-3H3,(H,36,38). The summed E-state index contributed by atoms with van der Waals surface area (Å²) in [7, 11) is 0. The molecule has 2 N–H and O–H groups in total. The highest BCUT2D eigenvalue weighted by Crippen LogP contribution is 2.26. The van der Waals surface area contributed by atoms with Gasteiger partial charge in [0.25, 0.3) is 5.91 Å². The van der Waals surface area contributed by atoms with E-state index in [0.717, 1.165) is 11.1 Å². The topological polar surface area (TPSA) is 103 Å². The normalized spacial score (nSPS) is 11.0. The highest BCUT2D eigenvalue weighted by Gasteiger charge is 2.15. The van der Waals surface area contributed by atoms with Crippen LogP contribution >= 0.6 is 0 Å². The Balaban J connectivity index is 1.34. The number of carbonyl (C=O) groups is 2. The van der Waals surface area contributed by atoms with Crippen LogP contribution in [0.4, 0.5) is 4.39 Å². The van der Waals surface area contributed by atoms with E-state index in [-0.39, 0.29) is 36.9 Å². The molecular weight excluding hydrogens is 525 g/mol. The molecule has 0 radical (unpaired) electrons. The second kappa shape index (κ2) is 14.3. The Morgan fingerprint density at radius 1 is 0.951 bits per heavy atom. The molecule has 2 aromatic heterocycles. The largest absolute Gasteiger partial charge is 0.457 e. The van der Waals surface area contributed by atoms with Crippen LogP contribution in [0.5, 0.6) is 11.5 Å². The van der Waals surface area contributed by atoms with Crippen LogP contribution in [0, 0.1) is 12.7 Å². The van der Waals surface area contributed by atoms with E-state index in [0.29, 0.717) is 47.2 Å². The molecule has 4 aromatic rings. The van der Waals surface area contributed by atoms with Gasteiger partial charge in [0.15, 0.2) is 6.29 Å². The Labute approximate surface area is 238 Å². The monoisotopic (exact) mass is 559 g/mol. The van der Waals surface area contributed by atoms with Crippen molar-refractivity contribution in [2.45, 2.75) is 39.9 Å². The number of amides is 1. The van der Waals surface area contributed by atoms with Crippen LogP contribution in [0.15, 0.2) is 73.1 Å². The lowest BCUT2D eigenvalue weighted by Crippen LogP contribution is -2.35. The first-order valence-electron chi connectivity index (χ1n) is 13.5. The molecule has 8 nitrogen and oxygen atoms in total. The van der Waals surface area contributed by atoms with Gasteiger partial charge in [0.2, 0.25) is 0 Å². The number of ketones is 1. The van der Waals surface area contributed by atoms with Gasteiger partial charge in [-0.05, 0) is 62.2 Å². The van der Waals surface area contributed by atoms with Crippen LogP contribution in [-0.4, -0.2) is 47.7 Å². The molecule has 4 rings (SSSR count). The molecule has 0 saturated carbocycles. The zero-order valence-corrected chi connectivity index (χ0v) is 23.4. The Hall–Kier alpha value is -4.34. The summed E-state index contributed by atoms with van der Waals surface area (Å²) >= 11 is 0. The maximum absolute atomic E-state index is 14.0. The summed E-state index contributed by atoms with van der Waals surface area (Å²) in [5.74, 6) is 0.464. The molecule has 2 heterocycles. The number of hydrogen-bond acceptors (Lipinski definition) is 6. The minimum atomic E-state index is -0.499. The molecule has 1 amide bonds. The number of ether oxygens (including phenoxy) is 3. The highest BCUT2D eigenvalue weighted by atomic mass is 19.1. The molecule has 41 heavy (non-hydrogen) atoms. The van der Waals surface area contributed by atoms with Crippen molar-refractivity contribution in [3.63, 3.8) is 0 Å². The van der Waals surface area contributed by atoms with Crippen LogP contribution in [0.1, 0.15) is 40.9 Å². The Morgan fingerprint density at radius 2 is 1.71 bits per heavy atom. The Kier molecular flexibility index (Phi) is 10.4. The smallest absolute Gasteiger partial charge is 0.253 e. The fraction of sp³-hybridized carbons (Fsp3) is 0.281. The highest BCUT2D eigenvalue weighted by molar-refractivity contribution is 5.95. The van der Waals surface area contributed by atoms with Gasteiger partial charge in [-0.25, -0.2) is 4.39 Å². The summed E-state index contributed by atoms with van der Waals surface area (Å²) < 4.78 is 30.9. The van der Waals surface area contributed by atoms with Crippen LogP contribution in [0.2, 0.25) is 0 Å². The van der Waals surface area contributed by atoms with Gasteiger partial charge in [-0.15, -0.1) is 0 Å². The first-order valence-corrected chi connectivity index (χ1v) is 13.5. The van der Waals surface area contributed by atoms with Crippen LogP contribution in [0.25, 0.3) is 11.4 Å². The molecular formula is C32H34FN3O5. The van der Waals surface area contributed by atoms with Crippen LogP contribution in [-0.2, 0) is 27.1 Å². The summed E-state index contributed by atoms with van der Waals surface area (Å²) in [6.45, 7) is 6.82. The molecule has 2 aromatic carbocycles. The van der Waals surface area contributed by atoms with Crippen molar-refractivity contribution in [2.75, 3.05) is 19.8 Å². The third-order valence-corrected chi connectivity index (χ3v) is 6.24. The summed E-state index contributed by atoms with van der Waals surface area (Å²) in [5, 5.41) is 2.82. The molecule has 0 aliphatic carbocycles. The number of H-pyrrole nitrogens is 1. The van der Waals surface area contributed by atoms with Gasteiger partial charge < -0.3 is 24.5 Å². The fourth-order valence-corrected chi connectivity index (χ4v) is 4.26. The lowest BCUT2D eigenvalue weighted by molar-refractivity contribution is -0.131. The molecule has 0 saturated heterocycles. The minimum absolute atomic E-state index is 0.0503. The quantitative estimate of drug-likeness (QED) is 0.189. The molecule has 0 unspecified atom stereocenters. The maximum atomic E-state index is 14.0. The van der Waals surface area contributed by atoms with E-state index < -0.39 is 6.29 Å². The van der Waals surface area contributed by atoms with E-state index in [9.17, 15) is 14.0 Å². The Morgan fingerprint density at radius 3 is 2.44 bits per heavy atom. The third kappa shape index (κ3) is 8.57. The lowest BCUT2D eigenvalue weighted by atomic mass is 10.0. The summed E-state index contributed by atoms with van der Waals surface area (Å²) in [4.78, 5) is 32.6. The minimum Gasteiger partial charge on any atom is -0.457 e. The van der Waals surface area contributed by atoms with Gasteiger partial charge in [-0.2, -0.15) is 0 Å². The number of aryl methyl sites for hydroxylation is 1. The van der Waals surface area contributed by atoms with Crippen LogP contribution < -0.4 is 10.1 Å². The summed E-state index contributed by atoms with van der Waals surface area (Å²) in [6, 6.07) is 17.2. The number of carbonyl (C=O) groups excluding carboxylic acids is 2. The molecule has 0 atom stereocenters. The van der Waals surface area contributed by atoms with Gasteiger partial charge in [0.05, 0.1) is 23.5 Å². The molecule has 0 spiro atoms. The fourth-order valence-electron chi connectivity index (χ4n) is 4.26. The van der Waals surface area contributed by atoms with Crippen molar-refractivity contribution >= 4 is 11.7 Å². The number of nitrogens with one attached hydrogen (secondary N) is 2. The van der Waals surface area contributed by atoms with Gasteiger partial charge in [0, 0.05) is 44.5 Å². The molecule has 9 heteroatoms. The predicted molar refractivity (Wildman–Crippen MR) is 153 cm³/mol. The number of aromatic nitrogens is 2. The number of Topliss-reactive ketones (excluding diaryl/α,β-unsaturated/α-hetero) is 1. The number of pyridine rings is 1. The van der Waals surface area contributed by atoms with Gasteiger partial charge in [-0.3, -0.25) is 14.6 Å². The van der Waals surface area contributed by atoms with E-state index in [1.165, 1.54) is 6.07 Å². The van der Waals surface area contributed by atoms with Crippen molar-refractivity contribution in [1.29, 1.82) is 0 Å². The van der Waals surface area contributed by atoms with Crippen molar-refractivity contribution < 1.29 is 28.2 Å². The molecule has 0 bridgehead atoms. The van der Waals surface area contributed by atoms with E-state index in [1.807, 2.05) is 32.9 Å². The second-order valence-electron chi connectivity index (χ2n) is 9.46. The zero-order chi connectivity index (χ0) is 29.2. The first-order chi connectivity index (χ1) is 19.8.